The number of benzene rings is 2. The summed E-state index contributed by atoms with van der Waals surface area (Å²) in [6.45, 7) is 13.2. The number of sulfonamides is 1. The monoisotopic (exact) mass is 486 g/mol. The third kappa shape index (κ3) is 5.47. The Morgan fingerprint density at radius 2 is 1.68 bits per heavy atom. The predicted octanol–water partition coefficient (Wildman–Crippen LogP) is 5.35. The highest BCUT2D eigenvalue weighted by Crippen LogP contribution is 2.32. The average molecular weight is 487 g/mol. The molecule has 7 heteroatoms. The van der Waals surface area contributed by atoms with Crippen LogP contribution in [0.2, 0.25) is 0 Å². The van der Waals surface area contributed by atoms with Crippen molar-refractivity contribution in [1.29, 1.82) is 0 Å². The summed E-state index contributed by atoms with van der Waals surface area (Å²) in [5, 5.41) is 3.07. The van der Waals surface area contributed by atoms with E-state index in [4.69, 9.17) is 4.74 Å². The first-order chi connectivity index (χ1) is 15.9. The molecule has 0 aromatic heterocycles. The number of nitrogens with one attached hydrogen (secondary N) is 1. The maximum Gasteiger partial charge on any atom is 0.252 e. The normalized spacial score (nSPS) is 16.5. The van der Waals surface area contributed by atoms with Crippen molar-refractivity contribution < 1.29 is 17.9 Å². The summed E-state index contributed by atoms with van der Waals surface area (Å²) >= 11 is 0. The second-order valence-electron chi connectivity index (χ2n) is 9.86. The topological polar surface area (TPSA) is 75.7 Å². The summed E-state index contributed by atoms with van der Waals surface area (Å²) < 4.78 is 33.5. The number of carbonyl (C=O) groups is 1. The Kier molecular flexibility index (Phi) is 8.09. The number of rotatable bonds is 7. The summed E-state index contributed by atoms with van der Waals surface area (Å²) in [5.74, 6) is 1.37. The molecule has 186 valence electrons. The highest BCUT2D eigenvalue weighted by Gasteiger charge is 2.29. The number of piperidine rings is 1. The van der Waals surface area contributed by atoms with Crippen LogP contribution < -0.4 is 10.1 Å². The fraction of sp³-hybridized carbons (Fsp3) is 0.519. The first-order valence-corrected chi connectivity index (χ1v) is 13.5. The molecule has 0 unspecified atom stereocenters. The summed E-state index contributed by atoms with van der Waals surface area (Å²) in [7, 11) is -1.96. The molecular weight excluding hydrogens is 448 g/mol. The van der Waals surface area contributed by atoms with Gasteiger partial charge in [-0.3, -0.25) is 4.79 Å². The molecule has 1 aliphatic heterocycles. The standard InChI is InChI=1S/C27H38N2O4S/c1-17(2)23-16-24(20(5)14-26(23)33-7)21(6)28-27(30)25-15-22(9-8-19(25)4)34(31,32)29-12-10-18(3)11-13-29/h8-9,14-18,21H,10-13H2,1-7H3,(H,28,30)/t21-/m1/s1. The molecule has 1 aliphatic rings. The Morgan fingerprint density at radius 1 is 1.03 bits per heavy atom. The number of amides is 1. The van der Waals surface area contributed by atoms with Crippen LogP contribution in [0.15, 0.2) is 35.2 Å². The van der Waals surface area contributed by atoms with Crippen LogP contribution in [0.4, 0.5) is 0 Å². The van der Waals surface area contributed by atoms with Gasteiger partial charge in [0.25, 0.3) is 5.91 Å². The zero-order valence-corrected chi connectivity index (χ0v) is 22.3. The Balaban J connectivity index is 1.86. The number of hydrogen-bond donors (Lipinski definition) is 1. The van der Waals surface area contributed by atoms with Crippen molar-refractivity contribution in [1.82, 2.24) is 9.62 Å². The predicted molar refractivity (Wildman–Crippen MR) is 136 cm³/mol. The van der Waals surface area contributed by atoms with Crippen LogP contribution in [0.1, 0.15) is 85.1 Å². The Hall–Kier alpha value is -2.38. The lowest BCUT2D eigenvalue weighted by Gasteiger charge is -2.29. The van der Waals surface area contributed by atoms with Gasteiger partial charge in [-0.15, -0.1) is 0 Å². The molecule has 0 bridgehead atoms. The highest BCUT2D eigenvalue weighted by molar-refractivity contribution is 7.89. The lowest BCUT2D eigenvalue weighted by molar-refractivity contribution is 0.0939. The summed E-state index contributed by atoms with van der Waals surface area (Å²) in [5.41, 5.74) is 4.26. The van der Waals surface area contributed by atoms with E-state index in [0.717, 1.165) is 40.8 Å². The van der Waals surface area contributed by atoms with E-state index in [1.54, 1.807) is 19.2 Å². The largest absolute Gasteiger partial charge is 0.496 e. The zero-order chi connectivity index (χ0) is 25.2. The van der Waals surface area contributed by atoms with Crippen LogP contribution in [0.25, 0.3) is 0 Å². The number of nitrogens with zero attached hydrogens (tertiary/aromatic N) is 1. The molecule has 6 nitrogen and oxygen atoms in total. The number of hydrogen-bond acceptors (Lipinski definition) is 4. The molecule has 2 aromatic carbocycles. The number of carbonyl (C=O) groups excluding carboxylic acids is 1. The number of aryl methyl sites for hydroxylation is 2. The van der Waals surface area contributed by atoms with Gasteiger partial charge < -0.3 is 10.1 Å². The minimum atomic E-state index is -3.63. The second kappa shape index (κ2) is 10.5. The van der Waals surface area contributed by atoms with Crippen LogP contribution in [-0.2, 0) is 10.0 Å². The fourth-order valence-corrected chi connectivity index (χ4v) is 6.04. The van der Waals surface area contributed by atoms with E-state index in [1.165, 1.54) is 10.4 Å². The Morgan fingerprint density at radius 3 is 2.26 bits per heavy atom. The molecule has 0 saturated carbocycles. The van der Waals surface area contributed by atoms with Crippen molar-refractivity contribution in [2.75, 3.05) is 20.2 Å². The van der Waals surface area contributed by atoms with Gasteiger partial charge >= 0.3 is 0 Å². The van der Waals surface area contributed by atoms with Gasteiger partial charge in [0.2, 0.25) is 10.0 Å². The molecule has 0 radical (unpaired) electrons. The van der Waals surface area contributed by atoms with Crippen molar-refractivity contribution in [2.45, 2.75) is 71.2 Å². The molecule has 1 amide bonds. The van der Waals surface area contributed by atoms with Crippen molar-refractivity contribution >= 4 is 15.9 Å². The van der Waals surface area contributed by atoms with Crippen molar-refractivity contribution in [3.63, 3.8) is 0 Å². The van der Waals surface area contributed by atoms with Gasteiger partial charge in [-0.25, -0.2) is 8.42 Å². The summed E-state index contributed by atoms with van der Waals surface area (Å²) in [6, 6.07) is 8.68. The van der Waals surface area contributed by atoms with Crippen molar-refractivity contribution in [3.05, 3.63) is 58.1 Å². The smallest absolute Gasteiger partial charge is 0.252 e. The van der Waals surface area contributed by atoms with E-state index < -0.39 is 10.0 Å². The first-order valence-electron chi connectivity index (χ1n) is 12.1. The van der Waals surface area contributed by atoms with Gasteiger partial charge in [-0.05, 0) is 92.0 Å². The van der Waals surface area contributed by atoms with E-state index in [9.17, 15) is 13.2 Å². The lowest BCUT2D eigenvalue weighted by Crippen LogP contribution is -2.38. The first kappa shape index (κ1) is 26.2. The van der Waals surface area contributed by atoms with Crippen molar-refractivity contribution in [3.8, 4) is 5.75 Å². The molecule has 3 rings (SSSR count). The molecule has 0 aliphatic carbocycles. The van der Waals surface area contributed by atoms with Gasteiger partial charge in [0, 0.05) is 18.7 Å². The quantitative estimate of drug-likeness (QED) is 0.573. The number of methoxy groups -OCH3 is 1. The number of ether oxygens (including phenoxy) is 1. The SMILES string of the molecule is COc1cc(C)c([C@@H](C)NC(=O)c2cc(S(=O)(=O)N3CCC(C)CC3)ccc2C)cc1C(C)C. The average Bonchev–Trinajstić information content (AvgIpc) is 2.78. The molecule has 1 fully saturated rings. The molecule has 1 saturated heterocycles. The van der Waals surface area contributed by atoms with Crippen molar-refractivity contribution in [2.24, 2.45) is 5.92 Å². The fourth-order valence-electron chi connectivity index (χ4n) is 4.54. The summed E-state index contributed by atoms with van der Waals surface area (Å²) in [4.78, 5) is 13.4. The molecule has 1 N–H and O–H groups in total. The molecular formula is C27H38N2O4S. The van der Waals surface area contributed by atoms with Crippen LogP contribution in [0.5, 0.6) is 5.75 Å². The molecule has 1 atom stereocenters. The second-order valence-corrected chi connectivity index (χ2v) is 11.8. The lowest BCUT2D eigenvalue weighted by atomic mass is 9.93. The van der Waals surface area contributed by atoms with Crippen LogP contribution in [-0.4, -0.2) is 38.8 Å². The third-order valence-electron chi connectivity index (χ3n) is 6.89. The van der Waals surface area contributed by atoms with E-state index in [0.29, 0.717) is 24.6 Å². The van der Waals surface area contributed by atoms with E-state index >= 15 is 0 Å². The Labute approximate surface area is 204 Å². The minimum Gasteiger partial charge on any atom is -0.496 e. The van der Waals surface area contributed by atoms with Gasteiger partial charge in [-0.2, -0.15) is 4.31 Å². The van der Waals surface area contributed by atoms with Crippen LogP contribution in [0, 0.1) is 19.8 Å². The van der Waals surface area contributed by atoms with Gasteiger partial charge in [-0.1, -0.05) is 26.8 Å². The Bertz CT molecular complexity index is 1150. The van der Waals surface area contributed by atoms with Crippen LogP contribution >= 0.6 is 0 Å². The van der Waals surface area contributed by atoms with E-state index in [1.807, 2.05) is 26.8 Å². The van der Waals surface area contributed by atoms with E-state index in [-0.39, 0.29) is 22.8 Å². The zero-order valence-electron chi connectivity index (χ0n) is 21.4. The van der Waals surface area contributed by atoms with Gasteiger partial charge in [0.1, 0.15) is 5.75 Å². The summed E-state index contributed by atoms with van der Waals surface area (Å²) in [6.07, 6.45) is 1.71. The van der Waals surface area contributed by atoms with Gasteiger partial charge in [0.15, 0.2) is 0 Å². The molecule has 2 aromatic rings. The maximum atomic E-state index is 13.3. The molecule has 1 heterocycles. The van der Waals surface area contributed by atoms with E-state index in [2.05, 4.69) is 32.2 Å². The minimum absolute atomic E-state index is 0.174. The molecule has 34 heavy (non-hydrogen) atoms. The van der Waals surface area contributed by atoms with Crippen LogP contribution in [0.3, 0.4) is 0 Å². The maximum absolute atomic E-state index is 13.3. The van der Waals surface area contributed by atoms with Gasteiger partial charge in [0.05, 0.1) is 18.0 Å². The molecule has 0 spiro atoms. The highest BCUT2D eigenvalue weighted by atomic mass is 32.2. The third-order valence-corrected chi connectivity index (χ3v) is 8.78.